The molecule has 0 radical (unpaired) electrons. The summed E-state index contributed by atoms with van der Waals surface area (Å²) >= 11 is 0. The quantitative estimate of drug-likeness (QED) is 0.127. The number of fused-ring (bicyclic) bond motifs is 5. The van der Waals surface area contributed by atoms with E-state index in [0.717, 1.165) is 42.1 Å². The van der Waals surface area contributed by atoms with Crippen LogP contribution in [0.4, 0.5) is 0 Å². The minimum Gasteiger partial charge on any atom is -0.330 e. The van der Waals surface area contributed by atoms with E-state index in [1.54, 1.807) is 0 Å². The van der Waals surface area contributed by atoms with Crippen LogP contribution in [-0.4, -0.2) is 19.1 Å². The van der Waals surface area contributed by atoms with E-state index in [9.17, 15) is 0 Å². The van der Waals surface area contributed by atoms with E-state index in [1.165, 1.54) is 141 Å². The van der Waals surface area contributed by atoms with E-state index >= 15 is 0 Å². The minimum absolute atomic E-state index is 0.494. The SMILES string of the molecule is CC(C)CCC[C@@H](C)[C@H]1CC[C@H]2[C@@H]3CCC4=C[C@@H](NCCCCCCCCCCCCN)CC[C@]4(C)[C@H]3CC[C@]12C. The molecule has 0 aromatic rings. The maximum absolute atomic E-state index is 5.59. The summed E-state index contributed by atoms with van der Waals surface area (Å²) in [4.78, 5) is 0. The van der Waals surface area contributed by atoms with Gasteiger partial charge in [0, 0.05) is 6.04 Å². The van der Waals surface area contributed by atoms with Gasteiger partial charge in [-0.2, -0.15) is 0 Å². The Morgan fingerprint density at radius 3 is 2.12 bits per heavy atom. The summed E-state index contributed by atoms with van der Waals surface area (Å²) in [5, 5.41) is 3.97. The number of allylic oxidation sites excluding steroid dienone is 1. The lowest BCUT2D eigenvalue weighted by Gasteiger charge is -2.59. The van der Waals surface area contributed by atoms with Crippen LogP contribution in [0.1, 0.15) is 169 Å². The van der Waals surface area contributed by atoms with E-state index in [4.69, 9.17) is 5.73 Å². The van der Waals surface area contributed by atoms with Crippen molar-refractivity contribution in [3.8, 4) is 0 Å². The van der Waals surface area contributed by atoms with Crippen molar-refractivity contribution in [2.24, 2.45) is 52.1 Å². The maximum atomic E-state index is 5.59. The highest BCUT2D eigenvalue weighted by Crippen LogP contribution is 2.67. The van der Waals surface area contributed by atoms with Crippen LogP contribution in [0.5, 0.6) is 0 Å². The molecule has 0 amide bonds. The van der Waals surface area contributed by atoms with Crippen molar-refractivity contribution >= 4 is 0 Å². The van der Waals surface area contributed by atoms with E-state index in [0.29, 0.717) is 16.9 Å². The molecule has 3 fully saturated rings. The number of unbranched alkanes of at least 4 members (excludes halogenated alkanes) is 9. The first-order valence-corrected chi connectivity index (χ1v) is 18.9. The van der Waals surface area contributed by atoms with Gasteiger partial charge in [-0.05, 0) is 124 Å². The van der Waals surface area contributed by atoms with E-state index in [2.05, 4.69) is 46.0 Å². The third-order valence-corrected chi connectivity index (χ3v) is 13.4. The summed E-state index contributed by atoms with van der Waals surface area (Å²) in [5.41, 5.74) is 8.57. The highest BCUT2D eigenvalue weighted by atomic mass is 14.9. The molecule has 3 N–H and O–H groups in total. The van der Waals surface area contributed by atoms with Crippen LogP contribution in [0.25, 0.3) is 0 Å². The average molecular weight is 569 g/mol. The molecule has 0 aliphatic heterocycles. The van der Waals surface area contributed by atoms with Crippen molar-refractivity contribution in [1.82, 2.24) is 5.32 Å². The molecular weight excluding hydrogens is 496 g/mol. The number of nitrogens with two attached hydrogens (primary N) is 1. The Morgan fingerprint density at radius 1 is 0.756 bits per heavy atom. The zero-order valence-electron chi connectivity index (χ0n) is 28.5. The van der Waals surface area contributed by atoms with Gasteiger partial charge in [0.05, 0.1) is 0 Å². The molecule has 0 aromatic carbocycles. The van der Waals surface area contributed by atoms with Gasteiger partial charge >= 0.3 is 0 Å². The van der Waals surface area contributed by atoms with Gasteiger partial charge in [-0.3, -0.25) is 0 Å². The minimum atomic E-state index is 0.494. The third kappa shape index (κ3) is 8.44. The molecular formula is C39H72N2. The van der Waals surface area contributed by atoms with Crippen molar-refractivity contribution in [1.29, 1.82) is 0 Å². The second kappa shape index (κ2) is 16.1. The largest absolute Gasteiger partial charge is 0.330 e. The van der Waals surface area contributed by atoms with Gasteiger partial charge in [0.25, 0.3) is 0 Å². The molecule has 0 bridgehead atoms. The summed E-state index contributed by atoms with van der Waals surface area (Å²) in [6.45, 7) is 14.9. The van der Waals surface area contributed by atoms with Crippen LogP contribution in [-0.2, 0) is 0 Å². The highest BCUT2D eigenvalue weighted by Gasteiger charge is 2.59. The van der Waals surface area contributed by atoms with Crippen LogP contribution in [0.15, 0.2) is 11.6 Å². The highest BCUT2D eigenvalue weighted by molar-refractivity contribution is 5.26. The smallest absolute Gasteiger partial charge is 0.0253 e. The molecule has 41 heavy (non-hydrogen) atoms. The lowest BCUT2D eigenvalue weighted by atomic mass is 9.46. The Kier molecular flexibility index (Phi) is 13.2. The van der Waals surface area contributed by atoms with Crippen LogP contribution in [0.3, 0.4) is 0 Å². The Hall–Kier alpha value is -0.340. The maximum Gasteiger partial charge on any atom is 0.0253 e. The summed E-state index contributed by atoms with van der Waals surface area (Å²) in [5.74, 6) is 5.73. The van der Waals surface area contributed by atoms with E-state index in [1.807, 2.05) is 5.57 Å². The predicted molar refractivity (Wildman–Crippen MR) is 180 cm³/mol. The van der Waals surface area contributed by atoms with Crippen LogP contribution in [0, 0.1) is 46.3 Å². The standard InChI is InChI=1S/C39H72N2/c1-30(2)17-16-18-31(3)35-21-22-36-34-20-19-32-29-33(23-25-38(32,4)37(34)24-26-39(35,36)5)41-28-15-13-11-9-7-6-8-10-12-14-27-40/h29-31,33-37,41H,6-28,40H2,1-5H3/t31-,33+,34+,35-,36+,37+,38+,39-/m1/s1. The zero-order valence-corrected chi connectivity index (χ0v) is 28.5. The van der Waals surface area contributed by atoms with Crippen molar-refractivity contribution in [3.05, 3.63) is 11.6 Å². The molecule has 0 spiro atoms. The van der Waals surface area contributed by atoms with E-state index in [-0.39, 0.29) is 0 Å². The summed E-state index contributed by atoms with van der Waals surface area (Å²) in [6.07, 6.45) is 32.6. The molecule has 8 atom stereocenters. The van der Waals surface area contributed by atoms with Gasteiger partial charge in [-0.15, -0.1) is 0 Å². The second-order valence-electron chi connectivity index (χ2n) is 16.5. The van der Waals surface area contributed by atoms with Crippen molar-refractivity contribution in [2.45, 2.75) is 175 Å². The van der Waals surface area contributed by atoms with Crippen molar-refractivity contribution in [3.63, 3.8) is 0 Å². The third-order valence-electron chi connectivity index (χ3n) is 13.4. The monoisotopic (exact) mass is 569 g/mol. The molecule has 0 aromatic heterocycles. The van der Waals surface area contributed by atoms with Gasteiger partial charge in [-0.1, -0.05) is 117 Å². The number of hydrogen-bond donors (Lipinski definition) is 2. The molecule has 2 nitrogen and oxygen atoms in total. The molecule has 2 heteroatoms. The molecule has 4 rings (SSSR count). The number of rotatable bonds is 18. The predicted octanol–water partition coefficient (Wildman–Crippen LogP) is 10.8. The summed E-state index contributed by atoms with van der Waals surface area (Å²) in [6, 6.07) is 0.638. The van der Waals surface area contributed by atoms with Crippen LogP contribution >= 0.6 is 0 Å². The van der Waals surface area contributed by atoms with Gasteiger partial charge < -0.3 is 11.1 Å². The average Bonchev–Trinajstić information content (AvgIpc) is 3.30. The Labute approximate surface area is 257 Å². The fraction of sp³-hybridized carbons (Fsp3) is 0.949. The van der Waals surface area contributed by atoms with Crippen molar-refractivity contribution < 1.29 is 0 Å². The number of nitrogens with one attached hydrogen (secondary N) is 1. The molecule has 0 heterocycles. The lowest BCUT2D eigenvalue weighted by Crippen LogP contribution is -2.51. The van der Waals surface area contributed by atoms with Gasteiger partial charge in [0.1, 0.15) is 0 Å². The Bertz CT molecular complexity index is 786. The molecule has 3 saturated carbocycles. The van der Waals surface area contributed by atoms with Crippen molar-refractivity contribution in [2.75, 3.05) is 13.1 Å². The first kappa shape index (κ1) is 33.6. The molecule has 4 aliphatic rings. The molecule has 0 saturated heterocycles. The Balaban J connectivity index is 1.19. The van der Waals surface area contributed by atoms with Gasteiger partial charge in [-0.25, -0.2) is 0 Å². The fourth-order valence-corrected chi connectivity index (χ4v) is 10.9. The first-order chi connectivity index (χ1) is 19.8. The molecule has 0 unspecified atom stereocenters. The summed E-state index contributed by atoms with van der Waals surface area (Å²) < 4.78 is 0. The second-order valence-corrected chi connectivity index (χ2v) is 16.5. The fourth-order valence-electron chi connectivity index (χ4n) is 10.9. The topological polar surface area (TPSA) is 38.0 Å². The number of hydrogen-bond acceptors (Lipinski definition) is 2. The molecule has 4 aliphatic carbocycles. The van der Waals surface area contributed by atoms with E-state index < -0.39 is 0 Å². The van der Waals surface area contributed by atoms with Gasteiger partial charge in [0.2, 0.25) is 0 Å². The normalized spacial score (nSPS) is 35.6. The lowest BCUT2D eigenvalue weighted by molar-refractivity contribution is -0.0599. The van der Waals surface area contributed by atoms with Crippen LogP contribution < -0.4 is 11.1 Å². The summed E-state index contributed by atoms with van der Waals surface area (Å²) in [7, 11) is 0. The van der Waals surface area contributed by atoms with Crippen LogP contribution in [0.2, 0.25) is 0 Å². The Morgan fingerprint density at radius 2 is 1.44 bits per heavy atom. The first-order valence-electron chi connectivity index (χ1n) is 18.9. The zero-order chi connectivity index (χ0) is 29.3. The molecule has 238 valence electrons. The van der Waals surface area contributed by atoms with Gasteiger partial charge in [0.15, 0.2) is 0 Å².